The Hall–Kier alpha value is -3.26. The molecule has 0 N–H and O–H groups in total. The van der Waals surface area contributed by atoms with E-state index < -0.39 is 5.97 Å². The highest BCUT2D eigenvalue weighted by Crippen LogP contribution is 2.28. The first-order chi connectivity index (χ1) is 11.6. The van der Waals surface area contributed by atoms with Crippen LogP contribution in [0.3, 0.4) is 0 Å². The van der Waals surface area contributed by atoms with E-state index in [9.17, 15) is 4.79 Å². The first-order valence-corrected chi connectivity index (χ1v) is 7.27. The smallest absolute Gasteiger partial charge is 0.336 e. The number of methoxy groups -OCH3 is 1. The molecule has 0 aliphatic heterocycles. The molecule has 0 atom stereocenters. The van der Waals surface area contributed by atoms with Gasteiger partial charge in [0.05, 0.1) is 7.11 Å². The van der Waals surface area contributed by atoms with Crippen LogP contribution >= 0.6 is 0 Å². The lowest BCUT2D eigenvalue weighted by Gasteiger charge is -2.08. The predicted octanol–water partition coefficient (Wildman–Crippen LogP) is 3.52. The quantitative estimate of drug-likeness (QED) is 0.462. The molecule has 5 heteroatoms. The number of rotatable bonds is 6. The summed E-state index contributed by atoms with van der Waals surface area (Å²) in [5.41, 5.74) is 1.64. The van der Waals surface area contributed by atoms with Crippen LogP contribution in [0.2, 0.25) is 0 Å². The monoisotopic (exact) mass is 323 g/mol. The first kappa shape index (κ1) is 17.1. The molecule has 0 spiro atoms. The Morgan fingerprint density at radius 3 is 2.67 bits per heavy atom. The lowest BCUT2D eigenvalue weighted by molar-refractivity contribution is -0.128. The molecule has 0 unspecified atom stereocenters. The number of hydrogen-bond acceptors (Lipinski definition) is 5. The van der Waals surface area contributed by atoms with Crippen molar-refractivity contribution >= 4 is 12.0 Å². The second-order valence-electron chi connectivity index (χ2n) is 4.88. The second-order valence-corrected chi connectivity index (χ2v) is 4.88. The molecule has 0 bridgehead atoms. The number of nitriles is 1. The standard InChI is InChI=1S/C19H17NO4/c1-14-5-3-4-6-16(14)24-19(21)10-8-15-7-9-17(23-12-11-20)18(13-15)22-2/h3-10,13H,12H2,1-2H3/b10-8+. The van der Waals surface area contributed by atoms with Crippen molar-refractivity contribution in [2.75, 3.05) is 13.7 Å². The molecule has 2 aromatic carbocycles. The van der Waals surface area contributed by atoms with E-state index in [2.05, 4.69) is 0 Å². The zero-order valence-electron chi connectivity index (χ0n) is 13.5. The number of carbonyl (C=O) groups excluding carboxylic acids is 1. The van der Waals surface area contributed by atoms with E-state index in [1.54, 1.807) is 30.3 Å². The van der Waals surface area contributed by atoms with Gasteiger partial charge >= 0.3 is 5.97 Å². The minimum Gasteiger partial charge on any atom is -0.493 e. The fraction of sp³-hybridized carbons (Fsp3) is 0.158. The van der Waals surface area contributed by atoms with E-state index >= 15 is 0 Å². The van der Waals surface area contributed by atoms with Crippen molar-refractivity contribution in [2.24, 2.45) is 0 Å². The number of carbonyl (C=O) groups is 1. The van der Waals surface area contributed by atoms with Gasteiger partial charge in [0.1, 0.15) is 11.8 Å². The summed E-state index contributed by atoms with van der Waals surface area (Å²) < 4.78 is 15.7. The largest absolute Gasteiger partial charge is 0.493 e. The van der Waals surface area contributed by atoms with Gasteiger partial charge in [-0.2, -0.15) is 5.26 Å². The highest BCUT2D eigenvalue weighted by molar-refractivity contribution is 5.89. The number of aryl methyl sites for hydroxylation is 1. The molecule has 5 nitrogen and oxygen atoms in total. The summed E-state index contributed by atoms with van der Waals surface area (Å²) in [6, 6.07) is 14.4. The van der Waals surface area contributed by atoms with Crippen LogP contribution in [0.1, 0.15) is 11.1 Å². The Balaban J connectivity index is 2.07. The molecular formula is C19H17NO4. The van der Waals surface area contributed by atoms with Crippen LogP contribution in [0.15, 0.2) is 48.5 Å². The van der Waals surface area contributed by atoms with Gasteiger partial charge in [-0.1, -0.05) is 24.3 Å². The van der Waals surface area contributed by atoms with Gasteiger partial charge in [0.15, 0.2) is 18.1 Å². The minimum absolute atomic E-state index is 0.0612. The summed E-state index contributed by atoms with van der Waals surface area (Å²) in [6.07, 6.45) is 2.97. The van der Waals surface area contributed by atoms with Gasteiger partial charge in [0.25, 0.3) is 0 Å². The number of hydrogen-bond donors (Lipinski definition) is 0. The lowest BCUT2D eigenvalue weighted by atomic mass is 10.2. The topological polar surface area (TPSA) is 68.6 Å². The second kappa shape index (κ2) is 8.39. The summed E-state index contributed by atoms with van der Waals surface area (Å²) in [7, 11) is 1.51. The van der Waals surface area contributed by atoms with Gasteiger partial charge in [-0.3, -0.25) is 0 Å². The molecule has 122 valence electrons. The Morgan fingerprint density at radius 2 is 1.96 bits per heavy atom. The highest BCUT2D eigenvalue weighted by atomic mass is 16.5. The zero-order chi connectivity index (χ0) is 17.4. The van der Waals surface area contributed by atoms with Crippen molar-refractivity contribution in [3.05, 3.63) is 59.7 Å². The molecule has 0 aliphatic rings. The first-order valence-electron chi connectivity index (χ1n) is 7.27. The molecule has 0 fully saturated rings. The molecule has 2 aromatic rings. The number of nitrogens with zero attached hydrogens (tertiary/aromatic N) is 1. The molecular weight excluding hydrogens is 306 g/mol. The number of benzene rings is 2. The zero-order valence-corrected chi connectivity index (χ0v) is 13.5. The maximum atomic E-state index is 11.9. The average Bonchev–Trinajstić information content (AvgIpc) is 2.60. The fourth-order valence-electron chi connectivity index (χ4n) is 1.99. The molecule has 24 heavy (non-hydrogen) atoms. The van der Waals surface area contributed by atoms with Crippen LogP contribution < -0.4 is 14.2 Å². The molecule has 0 aliphatic carbocycles. The van der Waals surface area contributed by atoms with Crippen molar-refractivity contribution in [2.45, 2.75) is 6.92 Å². The summed E-state index contributed by atoms with van der Waals surface area (Å²) in [6.45, 7) is 1.81. The van der Waals surface area contributed by atoms with Gasteiger partial charge in [-0.25, -0.2) is 4.79 Å². The molecule has 0 heterocycles. The number of para-hydroxylation sites is 1. The lowest BCUT2D eigenvalue weighted by Crippen LogP contribution is -2.04. The van der Waals surface area contributed by atoms with Crippen molar-refractivity contribution in [1.82, 2.24) is 0 Å². The Labute approximate surface area is 140 Å². The Bertz CT molecular complexity index is 790. The van der Waals surface area contributed by atoms with E-state index in [0.29, 0.717) is 17.2 Å². The van der Waals surface area contributed by atoms with Crippen LogP contribution in [0, 0.1) is 18.3 Å². The molecule has 0 aromatic heterocycles. The summed E-state index contributed by atoms with van der Waals surface area (Å²) in [5.74, 6) is 1.02. The normalized spacial score (nSPS) is 10.2. The highest BCUT2D eigenvalue weighted by Gasteiger charge is 2.06. The molecule has 0 saturated carbocycles. The van der Waals surface area contributed by atoms with E-state index in [0.717, 1.165) is 11.1 Å². The van der Waals surface area contributed by atoms with Crippen LogP contribution in [0.25, 0.3) is 6.08 Å². The van der Waals surface area contributed by atoms with E-state index in [4.69, 9.17) is 19.5 Å². The van der Waals surface area contributed by atoms with Crippen LogP contribution in [0.5, 0.6) is 17.2 Å². The third-order valence-electron chi connectivity index (χ3n) is 3.20. The Morgan fingerprint density at radius 1 is 1.17 bits per heavy atom. The average molecular weight is 323 g/mol. The maximum Gasteiger partial charge on any atom is 0.336 e. The third-order valence-corrected chi connectivity index (χ3v) is 3.20. The van der Waals surface area contributed by atoms with Crippen LogP contribution in [-0.2, 0) is 4.79 Å². The van der Waals surface area contributed by atoms with Crippen molar-refractivity contribution in [1.29, 1.82) is 5.26 Å². The fourth-order valence-corrected chi connectivity index (χ4v) is 1.99. The SMILES string of the molecule is COc1cc(/C=C/C(=O)Oc2ccccc2C)ccc1OCC#N. The molecule has 0 saturated heterocycles. The maximum absolute atomic E-state index is 11.9. The van der Waals surface area contributed by atoms with Gasteiger partial charge in [0, 0.05) is 6.08 Å². The summed E-state index contributed by atoms with van der Waals surface area (Å²) in [5, 5.41) is 8.55. The van der Waals surface area contributed by atoms with Crippen LogP contribution in [-0.4, -0.2) is 19.7 Å². The summed E-state index contributed by atoms with van der Waals surface area (Å²) >= 11 is 0. The Kier molecular flexibility index (Phi) is 5.98. The van der Waals surface area contributed by atoms with Gasteiger partial charge in [-0.05, 0) is 42.3 Å². The molecule has 2 rings (SSSR count). The van der Waals surface area contributed by atoms with Crippen LogP contribution in [0.4, 0.5) is 0 Å². The van der Waals surface area contributed by atoms with E-state index in [1.165, 1.54) is 13.2 Å². The van der Waals surface area contributed by atoms with Crippen molar-refractivity contribution in [3.8, 4) is 23.3 Å². The van der Waals surface area contributed by atoms with Gasteiger partial charge < -0.3 is 14.2 Å². The van der Waals surface area contributed by atoms with Gasteiger partial charge in [-0.15, -0.1) is 0 Å². The van der Waals surface area contributed by atoms with Crippen molar-refractivity contribution < 1.29 is 19.0 Å². The predicted molar refractivity (Wildman–Crippen MR) is 90.0 cm³/mol. The summed E-state index contributed by atoms with van der Waals surface area (Å²) in [4.78, 5) is 11.9. The van der Waals surface area contributed by atoms with Crippen molar-refractivity contribution in [3.63, 3.8) is 0 Å². The minimum atomic E-state index is -0.465. The number of esters is 1. The molecule has 0 amide bonds. The molecule has 0 radical (unpaired) electrons. The number of ether oxygens (including phenoxy) is 3. The van der Waals surface area contributed by atoms with Gasteiger partial charge in [0.2, 0.25) is 0 Å². The third kappa shape index (κ3) is 4.62. The van der Waals surface area contributed by atoms with E-state index in [-0.39, 0.29) is 6.61 Å². The van der Waals surface area contributed by atoms with E-state index in [1.807, 2.05) is 31.2 Å².